The molecule has 2 N–H and O–H groups in total. The first-order valence-corrected chi connectivity index (χ1v) is 7.12. The summed E-state index contributed by atoms with van der Waals surface area (Å²) in [5.41, 5.74) is 1.06. The quantitative estimate of drug-likeness (QED) is 0.849. The van der Waals surface area contributed by atoms with Crippen LogP contribution in [0.5, 0.6) is 0 Å². The Kier molecular flexibility index (Phi) is 4.58. The Morgan fingerprint density at radius 2 is 2.32 bits per heavy atom. The van der Waals surface area contributed by atoms with E-state index in [-0.39, 0.29) is 12.6 Å². The van der Waals surface area contributed by atoms with Crippen molar-refractivity contribution in [2.45, 2.75) is 39.7 Å². The highest BCUT2D eigenvalue weighted by Gasteiger charge is 2.32. The summed E-state index contributed by atoms with van der Waals surface area (Å²) in [5, 5.41) is 12.8. The minimum absolute atomic E-state index is 0.174. The minimum atomic E-state index is 0.174. The molecule has 1 aliphatic rings. The fourth-order valence-electron chi connectivity index (χ4n) is 2.60. The topological polar surface area (TPSA) is 61.3 Å². The first-order valence-electron chi connectivity index (χ1n) is 7.12. The second-order valence-electron chi connectivity index (χ2n) is 5.34. The monoisotopic (exact) mass is 264 g/mol. The van der Waals surface area contributed by atoms with Gasteiger partial charge in [-0.15, -0.1) is 0 Å². The Labute approximate surface area is 115 Å². The molecule has 0 amide bonds. The third-order valence-corrected chi connectivity index (χ3v) is 3.82. The zero-order valence-electron chi connectivity index (χ0n) is 12.1. The Morgan fingerprint density at radius 3 is 3.00 bits per heavy atom. The van der Waals surface area contributed by atoms with E-state index in [1.807, 2.05) is 13.1 Å². The molecule has 1 aromatic rings. The van der Waals surface area contributed by atoms with Gasteiger partial charge in [0.05, 0.1) is 12.6 Å². The number of hydrogen-bond acceptors (Lipinski definition) is 5. The molecule has 1 aromatic heterocycles. The number of rotatable bonds is 5. The molecule has 1 aliphatic heterocycles. The van der Waals surface area contributed by atoms with Gasteiger partial charge in [-0.2, -0.15) is 4.98 Å². The van der Waals surface area contributed by atoms with Crippen LogP contribution >= 0.6 is 0 Å². The number of aromatic nitrogens is 2. The maximum absolute atomic E-state index is 9.57. The first kappa shape index (κ1) is 14.1. The molecular weight excluding hydrogens is 240 g/mol. The third-order valence-electron chi connectivity index (χ3n) is 3.82. The van der Waals surface area contributed by atoms with Crippen LogP contribution in [0.15, 0.2) is 6.20 Å². The smallest absolute Gasteiger partial charge is 0.224 e. The van der Waals surface area contributed by atoms with Gasteiger partial charge in [0, 0.05) is 24.8 Å². The molecule has 0 spiro atoms. The van der Waals surface area contributed by atoms with E-state index in [1.54, 1.807) is 0 Å². The molecule has 1 saturated heterocycles. The summed E-state index contributed by atoms with van der Waals surface area (Å²) in [6.45, 7) is 8.35. The molecule has 5 nitrogen and oxygen atoms in total. The van der Waals surface area contributed by atoms with E-state index in [0.29, 0.717) is 11.9 Å². The summed E-state index contributed by atoms with van der Waals surface area (Å²) >= 11 is 0. The molecule has 5 heteroatoms. The highest BCUT2D eigenvalue weighted by Crippen LogP contribution is 2.30. The van der Waals surface area contributed by atoms with E-state index < -0.39 is 0 Å². The molecule has 0 aromatic carbocycles. The van der Waals surface area contributed by atoms with E-state index in [9.17, 15) is 5.11 Å². The number of aliphatic hydroxyl groups is 1. The van der Waals surface area contributed by atoms with Gasteiger partial charge in [-0.25, -0.2) is 4.98 Å². The predicted octanol–water partition coefficient (Wildman–Crippen LogP) is 1.81. The standard InChI is InChI=1S/C14H24N4O/c1-4-6-15-14-16-8-11(3)13(17-14)18-7-5-10(2)12(18)9-19/h8,10,12,19H,4-7,9H2,1-3H3,(H,15,16,17). The molecule has 0 radical (unpaired) electrons. The molecule has 19 heavy (non-hydrogen) atoms. The second kappa shape index (κ2) is 6.19. The van der Waals surface area contributed by atoms with Crippen LogP contribution in [0.3, 0.4) is 0 Å². The second-order valence-corrected chi connectivity index (χ2v) is 5.34. The van der Waals surface area contributed by atoms with Crippen LogP contribution in [0.4, 0.5) is 11.8 Å². The summed E-state index contributed by atoms with van der Waals surface area (Å²) < 4.78 is 0. The summed E-state index contributed by atoms with van der Waals surface area (Å²) in [4.78, 5) is 11.1. The van der Waals surface area contributed by atoms with Crippen molar-refractivity contribution in [1.82, 2.24) is 9.97 Å². The summed E-state index contributed by atoms with van der Waals surface area (Å²) in [6.07, 6.45) is 4.01. The van der Waals surface area contributed by atoms with Gasteiger partial charge in [0.2, 0.25) is 5.95 Å². The predicted molar refractivity (Wildman–Crippen MR) is 77.6 cm³/mol. The fourth-order valence-corrected chi connectivity index (χ4v) is 2.60. The van der Waals surface area contributed by atoms with Gasteiger partial charge in [0.15, 0.2) is 0 Å². The molecule has 2 rings (SSSR count). The van der Waals surface area contributed by atoms with Crippen LogP contribution in [0.1, 0.15) is 32.3 Å². The summed E-state index contributed by atoms with van der Waals surface area (Å²) in [5.74, 6) is 2.14. The lowest BCUT2D eigenvalue weighted by Gasteiger charge is -2.27. The van der Waals surface area contributed by atoms with Crippen molar-refractivity contribution in [2.24, 2.45) is 5.92 Å². The summed E-state index contributed by atoms with van der Waals surface area (Å²) in [6, 6.07) is 0.174. The number of aliphatic hydroxyl groups excluding tert-OH is 1. The van der Waals surface area contributed by atoms with Gasteiger partial charge in [0.25, 0.3) is 0 Å². The number of aryl methyl sites for hydroxylation is 1. The van der Waals surface area contributed by atoms with Crippen LogP contribution in [-0.2, 0) is 0 Å². The van der Waals surface area contributed by atoms with Crippen molar-refractivity contribution in [3.63, 3.8) is 0 Å². The van der Waals surface area contributed by atoms with Crippen molar-refractivity contribution in [1.29, 1.82) is 0 Å². The molecule has 2 unspecified atom stereocenters. The Balaban J connectivity index is 2.23. The molecule has 106 valence electrons. The van der Waals surface area contributed by atoms with Gasteiger partial charge in [-0.3, -0.25) is 0 Å². The van der Waals surface area contributed by atoms with Crippen LogP contribution in [0, 0.1) is 12.8 Å². The van der Waals surface area contributed by atoms with Crippen LogP contribution in [0.25, 0.3) is 0 Å². The molecule has 1 fully saturated rings. The Morgan fingerprint density at radius 1 is 1.53 bits per heavy atom. The van der Waals surface area contributed by atoms with E-state index in [4.69, 9.17) is 0 Å². The average molecular weight is 264 g/mol. The highest BCUT2D eigenvalue weighted by atomic mass is 16.3. The number of nitrogens with one attached hydrogen (secondary N) is 1. The zero-order valence-corrected chi connectivity index (χ0v) is 12.1. The van der Waals surface area contributed by atoms with Gasteiger partial charge in [0.1, 0.15) is 5.82 Å². The van der Waals surface area contributed by atoms with E-state index in [0.717, 1.165) is 37.3 Å². The van der Waals surface area contributed by atoms with E-state index in [2.05, 4.69) is 34.0 Å². The number of nitrogens with zero attached hydrogens (tertiary/aromatic N) is 3. The maximum Gasteiger partial charge on any atom is 0.224 e. The van der Waals surface area contributed by atoms with Crippen LogP contribution < -0.4 is 10.2 Å². The van der Waals surface area contributed by atoms with E-state index in [1.165, 1.54) is 0 Å². The van der Waals surface area contributed by atoms with Crippen LogP contribution in [0.2, 0.25) is 0 Å². The van der Waals surface area contributed by atoms with Gasteiger partial charge in [-0.05, 0) is 25.7 Å². The zero-order chi connectivity index (χ0) is 13.8. The maximum atomic E-state index is 9.57. The molecular formula is C14H24N4O. The Bertz CT molecular complexity index is 424. The van der Waals surface area contributed by atoms with Crippen molar-refractivity contribution < 1.29 is 5.11 Å². The first-order chi connectivity index (χ1) is 9.17. The lowest BCUT2D eigenvalue weighted by Crippen LogP contribution is -2.36. The van der Waals surface area contributed by atoms with E-state index >= 15 is 0 Å². The lowest BCUT2D eigenvalue weighted by atomic mass is 10.0. The molecule has 0 aliphatic carbocycles. The number of anilines is 2. The highest BCUT2D eigenvalue weighted by molar-refractivity contribution is 5.50. The van der Waals surface area contributed by atoms with Crippen molar-refractivity contribution in [3.8, 4) is 0 Å². The molecule has 2 heterocycles. The minimum Gasteiger partial charge on any atom is -0.394 e. The van der Waals surface area contributed by atoms with Gasteiger partial charge < -0.3 is 15.3 Å². The largest absolute Gasteiger partial charge is 0.394 e. The van der Waals surface area contributed by atoms with Crippen LogP contribution in [-0.4, -0.2) is 40.8 Å². The van der Waals surface area contributed by atoms with Crippen molar-refractivity contribution >= 4 is 11.8 Å². The Hall–Kier alpha value is -1.36. The normalized spacial score (nSPS) is 22.8. The van der Waals surface area contributed by atoms with Crippen molar-refractivity contribution in [2.75, 3.05) is 29.9 Å². The summed E-state index contributed by atoms with van der Waals surface area (Å²) in [7, 11) is 0. The molecule has 2 atom stereocenters. The molecule has 0 bridgehead atoms. The number of hydrogen-bond donors (Lipinski definition) is 2. The SMILES string of the molecule is CCCNc1ncc(C)c(N2CCC(C)C2CO)n1. The van der Waals surface area contributed by atoms with Crippen molar-refractivity contribution in [3.05, 3.63) is 11.8 Å². The third kappa shape index (κ3) is 2.97. The van der Waals surface area contributed by atoms with Gasteiger partial charge >= 0.3 is 0 Å². The van der Waals surface area contributed by atoms with Gasteiger partial charge in [-0.1, -0.05) is 13.8 Å². The molecule has 0 saturated carbocycles. The lowest BCUT2D eigenvalue weighted by molar-refractivity contribution is 0.244. The fraction of sp³-hybridized carbons (Fsp3) is 0.714. The average Bonchev–Trinajstić information content (AvgIpc) is 2.78.